The van der Waals surface area contributed by atoms with Gasteiger partial charge < -0.3 is 5.21 Å². The van der Waals surface area contributed by atoms with Gasteiger partial charge in [0.2, 0.25) is 0 Å². The van der Waals surface area contributed by atoms with Crippen molar-refractivity contribution in [1.29, 1.82) is 0 Å². The maximum atomic E-state index is 12.5. The van der Waals surface area contributed by atoms with Crippen LogP contribution in [0.1, 0.15) is 11.1 Å². The minimum absolute atomic E-state index is 0.0906. The third kappa shape index (κ3) is 4.07. The largest absolute Gasteiger partial charge is 0.593 e. The molecular formula is C14H10N6O9. The van der Waals surface area contributed by atoms with E-state index in [0.29, 0.717) is 0 Å². The second-order valence-electron chi connectivity index (χ2n) is 5.70. The van der Waals surface area contributed by atoms with E-state index < -0.39 is 58.7 Å². The zero-order chi connectivity index (χ0) is 22.0. The lowest BCUT2D eigenvalue weighted by atomic mass is 10.1. The van der Waals surface area contributed by atoms with Crippen molar-refractivity contribution in [3.8, 4) is 0 Å². The molecular weight excluding hydrogens is 396 g/mol. The van der Waals surface area contributed by atoms with Crippen LogP contribution in [0.4, 0.5) is 34.1 Å². The van der Waals surface area contributed by atoms with Crippen molar-refractivity contribution in [3.05, 3.63) is 81.1 Å². The molecule has 0 spiro atoms. The maximum Gasteiger partial charge on any atom is 0.398 e. The number of nitro groups is 4. The lowest BCUT2D eigenvalue weighted by molar-refractivity contribution is -0.470. The molecule has 0 fully saturated rings. The number of nitrogens with zero attached hydrogens (tertiary/aromatic N) is 6. The van der Waals surface area contributed by atoms with Crippen LogP contribution in [0.3, 0.4) is 0 Å². The Bertz CT molecular complexity index is 1040. The molecule has 0 saturated heterocycles. The summed E-state index contributed by atoms with van der Waals surface area (Å²) in [5.41, 5.74) is -5.76. The normalized spacial score (nSPS) is 11.2. The lowest BCUT2D eigenvalue weighted by Crippen LogP contribution is -2.04. The fraction of sp³-hybridized carbons (Fsp3) is 0.143. The highest BCUT2D eigenvalue weighted by Crippen LogP contribution is 2.42. The van der Waals surface area contributed by atoms with Crippen molar-refractivity contribution >= 4 is 34.1 Å². The minimum Gasteiger partial charge on any atom is -0.593 e. The van der Waals surface area contributed by atoms with Crippen LogP contribution in [0.25, 0.3) is 0 Å². The van der Waals surface area contributed by atoms with Gasteiger partial charge in [-0.1, -0.05) is 0 Å². The van der Waals surface area contributed by atoms with Gasteiger partial charge in [0.25, 0.3) is 5.69 Å². The van der Waals surface area contributed by atoms with Crippen molar-refractivity contribution in [2.24, 2.45) is 5.11 Å². The standard InChI is InChI=1S/C14H10N6O9/c1-7-3-9(17(22)23)13(10(4-7)18(24)25)15-16(21)14-11(19(26)27)5-8(2)6-12(14)20(28)29/h3-6H,1-2H3. The van der Waals surface area contributed by atoms with Crippen LogP contribution in [0.2, 0.25) is 0 Å². The molecule has 0 aromatic heterocycles. The second kappa shape index (κ2) is 7.59. The molecule has 0 atom stereocenters. The number of hydrogen-bond acceptors (Lipinski definition) is 10. The van der Waals surface area contributed by atoms with E-state index in [0.717, 1.165) is 24.3 Å². The van der Waals surface area contributed by atoms with Gasteiger partial charge in [-0.25, -0.2) is 0 Å². The Morgan fingerprint density at radius 2 is 0.931 bits per heavy atom. The highest BCUT2D eigenvalue weighted by molar-refractivity contribution is 5.71. The van der Waals surface area contributed by atoms with Gasteiger partial charge in [-0.15, -0.1) is 0 Å². The third-order valence-corrected chi connectivity index (χ3v) is 3.60. The highest BCUT2D eigenvalue weighted by atomic mass is 16.6. The molecule has 0 aliphatic heterocycles. The second-order valence-corrected chi connectivity index (χ2v) is 5.70. The molecule has 0 amide bonds. The van der Waals surface area contributed by atoms with Crippen molar-refractivity contribution in [2.45, 2.75) is 13.8 Å². The van der Waals surface area contributed by atoms with Gasteiger partial charge in [0.15, 0.2) is 0 Å². The molecule has 0 N–H and O–H groups in total. The number of nitro benzene ring substituents is 4. The van der Waals surface area contributed by atoms with Gasteiger partial charge in [-0.05, 0) is 29.8 Å². The van der Waals surface area contributed by atoms with Crippen molar-refractivity contribution in [2.75, 3.05) is 0 Å². The summed E-state index contributed by atoms with van der Waals surface area (Å²) >= 11 is 0. The minimum atomic E-state index is -1.13. The first-order valence-electron chi connectivity index (χ1n) is 7.49. The highest BCUT2D eigenvalue weighted by Gasteiger charge is 2.37. The predicted octanol–water partition coefficient (Wildman–Crippen LogP) is 3.86. The van der Waals surface area contributed by atoms with E-state index in [1.54, 1.807) is 0 Å². The smallest absolute Gasteiger partial charge is 0.398 e. The summed E-state index contributed by atoms with van der Waals surface area (Å²) in [6.07, 6.45) is 0. The van der Waals surface area contributed by atoms with Gasteiger partial charge in [0.1, 0.15) is 0 Å². The summed E-state index contributed by atoms with van der Waals surface area (Å²) < 4.78 is 0. The molecule has 2 aromatic carbocycles. The quantitative estimate of drug-likeness (QED) is 0.294. The molecule has 0 unspecified atom stereocenters. The van der Waals surface area contributed by atoms with Gasteiger partial charge in [0, 0.05) is 29.4 Å². The Morgan fingerprint density at radius 3 is 1.24 bits per heavy atom. The lowest BCUT2D eigenvalue weighted by Gasteiger charge is -2.04. The fourth-order valence-electron chi connectivity index (χ4n) is 2.48. The summed E-state index contributed by atoms with van der Waals surface area (Å²) in [5, 5.41) is 60.7. The monoisotopic (exact) mass is 406 g/mol. The zero-order valence-corrected chi connectivity index (χ0v) is 14.7. The van der Waals surface area contributed by atoms with Gasteiger partial charge in [-0.2, -0.15) is 0 Å². The number of azo groups is 1. The zero-order valence-electron chi connectivity index (χ0n) is 14.7. The average Bonchev–Trinajstić information content (AvgIpc) is 2.61. The van der Waals surface area contributed by atoms with E-state index in [-0.39, 0.29) is 11.1 Å². The first-order valence-corrected chi connectivity index (χ1v) is 7.49. The van der Waals surface area contributed by atoms with Crippen LogP contribution in [0, 0.1) is 59.5 Å². The van der Waals surface area contributed by atoms with E-state index in [1.165, 1.54) is 13.8 Å². The van der Waals surface area contributed by atoms with E-state index in [2.05, 4.69) is 5.11 Å². The van der Waals surface area contributed by atoms with Crippen molar-refractivity contribution < 1.29 is 24.6 Å². The van der Waals surface area contributed by atoms with E-state index in [1.807, 2.05) is 0 Å². The first kappa shape index (κ1) is 20.7. The van der Waals surface area contributed by atoms with E-state index >= 15 is 0 Å². The van der Waals surface area contributed by atoms with Crippen LogP contribution in [-0.4, -0.2) is 24.6 Å². The average molecular weight is 406 g/mol. The van der Waals surface area contributed by atoms with Crippen molar-refractivity contribution in [1.82, 2.24) is 0 Å². The van der Waals surface area contributed by atoms with E-state index in [4.69, 9.17) is 0 Å². The van der Waals surface area contributed by atoms with Gasteiger partial charge >= 0.3 is 28.4 Å². The van der Waals surface area contributed by atoms with Crippen LogP contribution in [0.5, 0.6) is 0 Å². The number of aryl methyl sites for hydroxylation is 2. The van der Waals surface area contributed by atoms with Crippen LogP contribution >= 0.6 is 0 Å². The Balaban J connectivity index is 2.92. The van der Waals surface area contributed by atoms with Crippen LogP contribution in [-0.2, 0) is 0 Å². The Kier molecular flexibility index (Phi) is 5.43. The SMILES string of the molecule is Cc1cc([N+](=O)[O-])c(N=[N+]([O-])c2c([N+](=O)[O-])cc(C)cc2[N+](=O)[O-])c([N+](=O)[O-])c1. The number of rotatable bonds is 6. The molecule has 29 heavy (non-hydrogen) atoms. The van der Waals surface area contributed by atoms with Crippen molar-refractivity contribution in [3.63, 3.8) is 0 Å². The summed E-state index contributed by atoms with van der Waals surface area (Å²) in [7, 11) is 0. The van der Waals surface area contributed by atoms with Crippen LogP contribution in [0.15, 0.2) is 29.4 Å². The summed E-state index contributed by atoms with van der Waals surface area (Å²) in [4.78, 5) is 40.2. The Labute approximate surface area is 159 Å². The molecule has 0 heterocycles. The summed E-state index contributed by atoms with van der Waals surface area (Å²) in [6, 6.07) is 3.52. The maximum absolute atomic E-state index is 12.5. The summed E-state index contributed by atoms with van der Waals surface area (Å²) in [5.74, 6) is 0. The topological polar surface area (TPSA) is 211 Å². The van der Waals surface area contributed by atoms with Crippen LogP contribution < -0.4 is 0 Å². The van der Waals surface area contributed by atoms with E-state index in [9.17, 15) is 45.7 Å². The molecule has 0 radical (unpaired) electrons. The molecule has 15 heteroatoms. The Morgan fingerprint density at radius 1 is 0.621 bits per heavy atom. The first-order chi connectivity index (χ1) is 13.4. The number of benzene rings is 2. The molecule has 15 nitrogen and oxygen atoms in total. The van der Waals surface area contributed by atoms with Gasteiger partial charge in [0.05, 0.1) is 19.7 Å². The number of hydrogen-bond donors (Lipinski definition) is 0. The molecule has 0 bridgehead atoms. The summed E-state index contributed by atoms with van der Waals surface area (Å²) in [6.45, 7) is 2.64. The van der Waals surface area contributed by atoms with Gasteiger partial charge in [-0.3, -0.25) is 40.5 Å². The Hall–Kier alpha value is -4.56. The fourth-order valence-corrected chi connectivity index (χ4v) is 2.48. The predicted molar refractivity (Wildman–Crippen MR) is 94.4 cm³/mol. The molecule has 150 valence electrons. The third-order valence-electron chi connectivity index (χ3n) is 3.60. The molecule has 2 rings (SSSR count). The molecule has 0 aliphatic carbocycles. The molecule has 0 saturated carbocycles. The molecule has 0 aliphatic rings. The molecule has 2 aromatic rings.